The molecule has 0 aliphatic carbocycles. The molecular formula is C18H15ClFN3. The van der Waals surface area contributed by atoms with Crippen molar-refractivity contribution >= 4 is 23.1 Å². The number of hydrogen-bond donors (Lipinski definition) is 1. The van der Waals surface area contributed by atoms with E-state index in [0.717, 1.165) is 16.8 Å². The van der Waals surface area contributed by atoms with Crippen molar-refractivity contribution in [1.29, 1.82) is 0 Å². The van der Waals surface area contributed by atoms with Gasteiger partial charge in [-0.05, 0) is 55.3 Å². The lowest BCUT2D eigenvalue weighted by atomic mass is 10.1. The maximum atomic E-state index is 13.1. The minimum Gasteiger partial charge on any atom is -0.340 e. The third-order valence-corrected chi connectivity index (χ3v) is 3.65. The van der Waals surface area contributed by atoms with Gasteiger partial charge in [-0.2, -0.15) is 0 Å². The van der Waals surface area contributed by atoms with Gasteiger partial charge in [-0.25, -0.2) is 14.4 Å². The summed E-state index contributed by atoms with van der Waals surface area (Å²) in [5, 5.41) is 3.59. The Morgan fingerprint density at radius 2 is 1.70 bits per heavy atom. The minimum absolute atomic E-state index is 0.301. The summed E-state index contributed by atoms with van der Waals surface area (Å²) in [6, 6.07) is 13.8. The van der Waals surface area contributed by atoms with Crippen LogP contribution in [0.3, 0.4) is 0 Å². The van der Waals surface area contributed by atoms with Gasteiger partial charge in [-0.1, -0.05) is 23.7 Å². The van der Waals surface area contributed by atoms with Crippen molar-refractivity contribution in [2.75, 3.05) is 5.32 Å². The van der Waals surface area contributed by atoms with Crippen molar-refractivity contribution in [1.82, 2.24) is 9.97 Å². The lowest BCUT2D eigenvalue weighted by molar-refractivity contribution is 0.628. The molecule has 0 aliphatic rings. The summed E-state index contributed by atoms with van der Waals surface area (Å²) >= 11 is 6.10. The zero-order valence-electron chi connectivity index (χ0n) is 12.8. The van der Waals surface area contributed by atoms with Crippen LogP contribution < -0.4 is 5.32 Å². The van der Waals surface area contributed by atoms with Gasteiger partial charge in [-0.3, -0.25) is 0 Å². The van der Waals surface area contributed by atoms with Crippen LogP contribution in [0, 0.1) is 19.7 Å². The van der Waals surface area contributed by atoms with Crippen LogP contribution in [0.1, 0.15) is 11.1 Å². The highest BCUT2D eigenvalue weighted by molar-refractivity contribution is 6.29. The molecule has 0 saturated carbocycles. The molecule has 3 aromatic rings. The number of halogens is 2. The SMILES string of the molecule is Cc1ccc(C)c(Nc2cc(Cl)nc(-c3ccc(F)cc3)n2)c1. The summed E-state index contributed by atoms with van der Waals surface area (Å²) in [5.74, 6) is 0.743. The van der Waals surface area contributed by atoms with E-state index in [4.69, 9.17) is 11.6 Å². The molecule has 0 unspecified atom stereocenters. The zero-order chi connectivity index (χ0) is 16.4. The van der Waals surface area contributed by atoms with Gasteiger partial charge in [-0.15, -0.1) is 0 Å². The number of nitrogens with zero attached hydrogens (tertiary/aromatic N) is 2. The monoisotopic (exact) mass is 327 g/mol. The fourth-order valence-electron chi connectivity index (χ4n) is 2.22. The lowest BCUT2D eigenvalue weighted by Gasteiger charge is -2.11. The number of hydrogen-bond acceptors (Lipinski definition) is 3. The fraction of sp³-hybridized carbons (Fsp3) is 0.111. The second kappa shape index (κ2) is 6.34. The van der Waals surface area contributed by atoms with Gasteiger partial charge >= 0.3 is 0 Å². The summed E-state index contributed by atoms with van der Waals surface area (Å²) < 4.78 is 13.1. The smallest absolute Gasteiger partial charge is 0.163 e. The van der Waals surface area contributed by atoms with E-state index in [1.807, 2.05) is 26.0 Å². The van der Waals surface area contributed by atoms with Crippen LogP contribution in [-0.2, 0) is 0 Å². The van der Waals surface area contributed by atoms with Gasteiger partial charge in [0.1, 0.15) is 16.8 Å². The Morgan fingerprint density at radius 1 is 0.957 bits per heavy atom. The van der Waals surface area contributed by atoms with Gasteiger partial charge in [0, 0.05) is 17.3 Å². The second-order valence-corrected chi connectivity index (χ2v) is 5.74. The molecule has 5 heteroatoms. The molecule has 0 saturated heterocycles. The summed E-state index contributed by atoms with van der Waals surface area (Å²) in [7, 11) is 0. The highest BCUT2D eigenvalue weighted by Gasteiger charge is 2.08. The van der Waals surface area contributed by atoms with Crippen LogP contribution in [-0.4, -0.2) is 9.97 Å². The molecule has 0 atom stereocenters. The first-order valence-electron chi connectivity index (χ1n) is 7.16. The van der Waals surface area contributed by atoms with Gasteiger partial charge in [0.25, 0.3) is 0 Å². The molecule has 0 bridgehead atoms. The second-order valence-electron chi connectivity index (χ2n) is 5.35. The van der Waals surface area contributed by atoms with Crippen LogP contribution in [0.4, 0.5) is 15.9 Å². The average molecular weight is 328 g/mol. The Hall–Kier alpha value is -2.46. The molecule has 0 fully saturated rings. The predicted octanol–water partition coefficient (Wildman–Crippen LogP) is 5.30. The molecule has 0 radical (unpaired) electrons. The number of aryl methyl sites for hydroxylation is 2. The molecule has 23 heavy (non-hydrogen) atoms. The summed E-state index contributed by atoms with van der Waals surface area (Å²) in [4.78, 5) is 8.68. The maximum Gasteiger partial charge on any atom is 0.163 e. The van der Waals surface area contributed by atoms with E-state index < -0.39 is 0 Å². The highest BCUT2D eigenvalue weighted by Crippen LogP contribution is 2.25. The fourth-order valence-corrected chi connectivity index (χ4v) is 2.40. The topological polar surface area (TPSA) is 37.8 Å². The maximum absolute atomic E-state index is 13.1. The van der Waals surface area contributed by atoms with Crippen LogP contribution in [0.2, 0.25) is 5.15 Å². The molecule has 1 heterocycles. The highest BCUT2D eigenvalue weighted by atomic mass is 35.5. The van der Waals surface area contributed by atoms with Crippen LogP contribution >= 0.6 is 11.6 Å². The van der Waals surface area contributed by atoms with Crippen LogP contribution in [0.5, 0.6) is 0 Å². The van der Waals surface area contributed by atoms with E-state index in [1.165, 1.54) is 12.1 Å². The van der Waals surface area contributed by atoms with Crippen molar-refractivity contribution < 1.29 is 4.39 Å². The molecule has 1 aromatic heterocycles. The predicted molar refractivity (Wildman–Crippen MR) is 91.6 cm³/mol. The van der Waals surface area contributed by atoms with Gasteiger partial charge < -0.3 is 5.32 Å². The van der Waals surface area contributed by atoms with E-state index in [9.17, 15) is 4.39 Å². The number of aromatic nitrogens is 2. The molecule has 0 spiro atoms. The van der Waals surface area contributed by atoms with E-state index in [2.05, 4.69) is 21.4 Å². The van der Waals surface area contributed by atoms with Crippen LogP contribution in [0.25, 0.3) is 11.4 Å². The standard InChI is InChI=1S/C18H15ClFN3/c1-11-3-4-12(2)15(9-11)21-17-10-16(19)22-18(23-17)13-5-7-14(20)8-6-13/h3-10H,1-2H3,(H,21,22,23). The molecule has 0 amide bonds. The van der Waals surface area contributed by atoms with Gasteiger partial charge in [0.15, 0.2) is 5.82 Å². The first kappa shape index (κ1) is 15.4. The number of rotatable bonds is 3. The van der Waals surface area contributed by atoms with Crippen molar-refractivity contribution in [3.8, 4) is 11.4 Å². The Kier molecular flexibility index (Phi) is 4.26. The Balaban J connectivity index is 1.97. The number of nitrogens with one attached hydrogen (secondary N) is 1. The van der Waals surface area contributed by atoms with Crippen LogP contribution in [0.15, 0.2) is 48.5 Å². The van der Waals surface area contributed by atoms with Crippen molar-refractivity contribution in [3.05, 3.63) is 70.6 Å². The normalized spacial score (nSPS) is 10.6. The molecular weight excluding hydrogens is 313 g/mol. The van der Waals surface area contributed by atoms with Gasteiger partial charge in [0.05, 0.1) is 0 Å². The van der Waals surface area contributed by atoms with E-state index in [0.29, 0.717) is 22.4 Å². The Labute approximate surface area is 139 Å². The lowest BCUT2D eigenvalue weighted by Crippen LogP contribution is -1.99. The summed E-state index contributed by atoms with van der Waals surface area (Å²) in [6.45, 7) is 4.05. The van der Waals surface area contributed by atoms with Crippen molar-refractivity contribution in [3.63, 3.8) is 0 Å². The number of benzene rings is 2. The molecule has 3 nitrogen and oxygen atoms in total. The van der Waals surface area contributed by atoms with Crippen molar-refractivity contribution in [2.24, 2.45) is 0 Å². The zero-order valence-corrected chi connectivity index (χ0v) is 13.5. The van der Waals surface area contributed by atoms with E-state index >= 15 is 0 Å². The third kappa shape index (κ3) is 3.66. The molecule has 3 rings (SSSR count). The van der Waals surface area contributed by atoms with E-state index in [1.54, 1.807) is 18.2 Å². The number of anilines is 2. The first-order chi connectivity index (χ1) is 11.0. The quantitative estimate of drug-likeness (QED) is 0.664. The molecule has 116 valence electrons. The minimum atomic E-state index is -0.301. The van der Waals surface area contributed by atoms with E-state index in [-0.39, 0.29) is 5.82 Å². The van der Waals surface area contributed by atoms with Crippen molar-refractivity contribution in [2.45, 2.75) is 13.8 Å². The Morgan fingerprint density at radius 3 is 2.43 bits per heavy atom. The van der Waals surface area contributed by atoms with Gasteiger partial charge in [0.2, 0.25) is 0 Å². The average Bonchev–Trinajstić information content (AvgIpc) is 2.51. The first-order valence-corrected chi connectivity index (χ1v) is 7.54. The molecule has 0 aliphatic heterocycles. The summed E-state index contributed by atoms with van der Waals surface area (Å²) in [6.07, 6.45) is 0. The summed E-state index contributed by atoms with van der Waals surface area (Å²) in [5.41, 5.74) is 3.92. The molecule has 1 N–H and O–H groups in total. The third-order valence-electron chi connectivity index (χ3n) is 3.45. The molecule has 2 aromatic carbocycles. The largest absolute Gasteiger partial charge is 0.340 e. The Bertz CT molecular complexity index is 847.